The van der Waals surface area contributed by atoms with Gasteiger partial charge in [0.25, 0.3) is 11.6 Å². The molecule has 0 aliphatic carbocycles. The summed E-state index contributed by atoms with van der Waals surface area (Å²) in [5.74, 6) is -2.67. The quantitative estimate of drug-likeness (QED) is 0.292. The molecule has 1 amide bonds. The van der Waals surface area contributed by atoms with Gasteiger partial charge < -0.3 is 14.8 Å². The summed E-state index contributed by atoms with van der Waals surface area (Å²) in [4.78, 5) is 34.1. The molecule has 0 aromatic heterocycles. The lowest BCUT2D eigenvalue weighted by molar-refractivity contribution is -0.384. The van der Waals surface area contributed by atoms with Crippen molar-refractivity contribution >= 4 is 23.3 Å². The Kier molecular flexibility index (Phi) is 6.96. The first-order valence-corrected chi connectivity index (χ1v) is 8.31. The number of benzene rings is 2. The van der Waals surface area contributed by atoms with Crippen LogP contribution in [0.15, 0.2) is 36.4 Å². The van der Waals surface area contributed by atoms with Crippen LogP contribution >= 0.6 is 0 Å². The summed E-state index contributed by atoms with van der Waals surface area (Å²) in [5.41, 5.74) is -5.45. The summed E-state index contributed by atoms with van der Waals surface area (Å²) in [5, 5.41) is 13.1. The molecule has 1 N–H and O–H groups in total. The third-order valence-corrected chi connectivity index (χ3v) is 3.83. The molecule has 2 aromatic rings. The van der Waals surface area contributed by atoms with E-state index in [0.717, 1.165) is 12.1 Å². The number of ether oxygens (including phenoxy) is 2. The van der Waals surface area contributed by atoms with Gasteiger partial charge in [-0.3, -0.25) is 14.9 Å². The highest BCUT2D eigenvalue weighted by Gasteiger charge is 2.37. The first kappa shape index (κ1) is 24.4. The average molecular weight is 466 g/mol. The number of anilines is 1. The minimum Gasteiger partial charge on any atom is -0.496 e. The number of nitro groups is 1. The van der Waals surface area contributed by atoms with Crippen molar-refractivity contribution in [3.63, 3.8) is 0 Å². The minimum atomic E-state index is -5.18. The second-order valence-electron chi connectivity index (χ2n) is 6.06. The van der Waals surface area contributed by atoms with Crippen molar-refractivity contribution in [1.29, 1.82) is 0 Å². The Bertz CT molecular complexity index is 1020. The molecule has 0 spiro atoms. The maximum atomic E-state index is 12.9. The SMILES string of the molecule is COc1ccc(NC(=O)COC(=O)c2cc(C(F)(F)F)cc(C(F)(F)F)c2)c([N+](=O)[O-])c1. The largest absolute Gasteiger partial charge is 0.496 e. The number of carbonyl (C=O) groups excluding carboxylic acids is 2. The van der Waals surface area contributed by atoms with Crippen LogP contribution in [-0.4, -0.2) is 30.5 Å². The zero-order chi connectivity index (χ0) is 24.3. The molecule has 2 aromatic carbocycles. The summed E-state index contributed by atoms with van der Waals surface area (Å²) in [7, 11) is 1.24. The number of hydrogen-bond donors (Lipinski definition) is 1. The zero-order valence-corrected chi connectivity index (χ0v) is 15.8. The van der Waals surface area contributed by atoms with Gasteiger partial charge in [-0.25, -0.2) is 4.79 Å². The lowest BCUT2D eigenvalue weighted by atomic mass is 10.0. The standard InChI is InChI=1S/C18H12F6N2O6/c1-31-12-2-3-13(14(7-12)26(29)30)25-15(27)8-32-16(28)9-4-10(17(19,20)21)6-11(5-9)18(22,23)24/h2-7H,8H2,1H3,(H,25,27). The van der Waals surface area contributed by atoms with Gasteiger partial charge in [-0.1, -0.05) is 0 Å². The normalized spacial score (nSPS) is 11.6. The van der Waals surface area contributed by atoms with Crippen molar-refractivity contribution < 1.29 is 50.3 Å². The maximum Gasteiger partial charge on any atom is 0.416 e. The van der Waals surface area contributed by atoms with Crippen LogP contribution in [0.5, 0.6) is 5.75 Å². The summed E-state index contributed by atoms with van der Waals surface area (Å²) in [6.07, 6.45) is -10.4. The van der Waals surface area contributed by atoms with Crippen molar-refractivity contribution in [2.24, 2.45) is 0 Å². The molecule has 0 bridgehead atoms. The van der Waals surface area contributed by atoms with Gasteiger partial charge in [0.05, 0.1) is 34.8 Å². The lowest BCUT2D eigenvalue weighted by Gasteiger charge is -2.14. The molecule has 0 heterocycles. The summed E-state index contributed by atoms with van der Waals surface area (Å²) >= 11 is 0. The Morgan fingerprint density at radius 2 is 1.56 bits per heavy atom. The monoisotopic (exact) mass is 466 g/mol. The number of methoxy groups -OCH3 is 1. The molecule has 0 saturated heterocycles. The number of amides is 1. The van der Waals surface area contributed by atoms with E-state index in [4.69, 9.17) is 4.74 Å². The van der Waals surface area contributed by atoms with Crippen LogP contribution in [0.2, 0.25) is 0 Å². The van der Waals surface area contributed by atoms with E-state index in [0.29, 0.717) is 0 Å². The first-order valence-electron chi connectivity index (χ1n) is 8.31. The number of esters is 1. The number of nitrogens with one attached hydrogen (secondary N) is 1. The molecule has 0 fully saturated rings. The molecule has 0 atom stereocenters. The average Bonchev–Trinajstić information content (AvgIpc) is 2.70. The summed E-state index contributed by atoms with van der Waals surface area (Å²) in [6.45, 7) is -1.14. The molecule has 32 heavy (non-hydrogen) atoms. The van der Waals surface area contributed by atoms with E-state index in [1.165, 1.54) is 13.2 Å². The molecule has 14 heteroatoms. The van der Waals surface area contributed by atoms with Crippen molar-refractivity contribution in [2.75, 3.05) is 19.0 Å². The Labute approximate surface area is 174 Å². The Balaban J connectivity index is 2.17. The van der Waals surface area contributed by atoms with E-state index in [1.54, 1.807) is 0 Å². The number of hydrogen-bond acceptors (Lipinski definition) is 6. The van der Waals surface area contributed by atoms with Gasteiger partial charge in [0, 0.05) is 0 Å². The topological polar surface area (TPSA) is 108 Å². The number of carbonyl (C=O) groups is 2. The van der Waals surface area contributed by atoms with Crippen LogP contribution in [-0.2, 0) is 21.9 Å². The van der Waals surface area contributed by atoms with Crippen molar-refractivity contribution in [2.45, 2.75) is 12.4 Å². The number of halogens is 6. The predicted molar refractivity (Wildman–Crippen MR) is 95.0 cm³/mol. The second kappa shape index (κ2) is 9.11. The first-order chi connectivity index (χ1) is 14.7. The van der Waals surface area contributed by atoms with Crippen LogP contribution in [0.4, 0.5) is 37.7 Å². The van der Waals surface area contributed by atoms with E-state index >= 15 is 0 Å². The molecule has 2 rings (SSSR count). The van der Waals surface area contributed by atoms with E-state index in [2.05, 4.69) is 4.74 Å². The van der Waals surface area contributed by atoms with E-state index in [1.807, 2.05) is 5.32 Å². The third kappa shape index (κ3) is 6.09. The van der Waals surface area contributed by atoms with Crippen molar-refractivity contribution in [1.82, 2.24) is 0 Å². The van der Waals surface area contributed by atoms with E-state index in [-0.39, 0.29) is 29.6 Å². The second-order valence-corrected chi connectivity index (χ2v) is 6.06. The highest BCUT2D eigenvalue weighted by Crippen LogP contribution is 2.36. The van der Waals surface area contributed by atoms with E-state index in [9.17, 15) is 46.0 Å². The number of nitro benzene ring substituents is 1. The number of alkyl halides is 6. The van der Waals surface area contributed by atoms with Crippen LogP contribution < -0.4 is 10.1 Å². The zero-order valence-electron chi connectivity index (χ0n) is 15.8. The Hall–Kier alpha value is -3.84. The van der Waals surface area contributed by atoms with Gasteiger partial charge in [-0.15, -0.1) is 0 Å². The fourth-order valence-electron chi connectivity index (χ4n) is 2.37. The summed E-state index contributed by atoms with van der Waals surface area (Å²) in [6, 6.07) is 3.48. The predicted octanol–water partition coefficient (Wildman–Crippen LogP) is 4.44. The van der Waals surface area contributed by atoms with E-state index < -0.39 is 58.1 Å². The van der Waals surface area contributed by atoms with Crippen LogP contribution in [0.1, 0.15) is 21.5 Å². The van der Waals surface area contributed by atoms with Gasteiger partial charge in [-0.05, 0) is 30.3 Å². The fraction of sp³-hybridized carbons (Fsp3) is 0.222. The third-order valence-electron chi connectivity index (χ3n) is 3.83. The fourth-order valence-corrected chi connectivity index (χ4v) is 2.37. The van der Waals surface area contributed by atoms with Gasteiger partial charge in [0.1, 0.15) is 11.4 Å². The molecule has 0 aliphatic heterocycles. The molecule has 0 radical (unpaired) electrons. The molecular formula is C18H12F6N2O6. The van der Waals surface area contributed by atoms with Gasteiger partial charge >= 0.3 is 18.3 Å². The van der Waals surface area contributed by atoms with Crippen LogP contribution in [0, 0.1) is 10.1 Å². The lowest BCUT2D eigenvalue weighted by Crippen LogP contribution is -2.22. The molecule has 8 nitrogen and oxygen atoms in total. The number of nitrogens with zero attached hydrogens (tertiary/aromatic N) is 1. The smallest absolute Gasteiger partial charge is 0.416 e. The maximum absolute atomic E-state index is 12.9. The highest BCUT2D eigenvalue weighted by atomic mass is 19.4. The van der Waals surface area contributed by atoms with Crippen molar-refractivity contribution in [3.8, 4) is 5.75 Å². The van der Waals surface area contributed by atoms with Gasteiger partial charge in [0.15, 0.2) is 6.61 Å². The Morgan fingerprint density at radius 3 is 2.03 bits per heavy atom. The van der Waals surface area contributed by atoms with Gasteiger partial charge in [0.2, 0.25) is 0 Å². The minimum absolute atomic E-state index is 0.103. The highest BCUT2D eigenvalue weighted by molar-refractivity contribution is 5.97. The molecule has 0 aliphatic rings. The summed E-state index contributed by atoms with van der Waals surface area (Å²) < 4.78 is 86.5. The molecule has 0 unspecified atom stereocenters. The molecular weight excluding hydrogens is 454 g/mol. The molecule has 172 valence electrons. The number of rotatable bonds is 6. The van der Waals surface area contributed by atoms with Crippen molar-refractivity contribution in [3.05, 3.63) is 63.2 Å². The van der Waals surface area contributed by atoms with Crippen LogP contribution in [0.25, 0.3) is 0 Å². The van der Waals surface area contributed by atoms with Crippen LogP contribution in [0.3, 0.4) is 0 Å². The molecule has 0 saturated carbocycles. The Morgan fingerprint density at radius 1 is 1.00 bits per heavy atom. The van der Waals surface area contributed by atoms with Gasteiger partial charge in [-0.2, -0.15) is 26.3 Å².